The van der Waals surface area contributed by atoms with Crippen molar-refractivity contribution in [3.05, 3.63) is 12.4 Å². The predicted octanol–water partition coefficient (Wildman–Crippen LogP) is 1.76. The third-order valence-electron chi connectivity index (χ3n) is 1.55. The number of hydrogen-bond donors (Lipinski definition) is 2. The molecule has 0 aliphatic rings. The summed E-state index contributed by atoms with van der Waals surface area (Å²) in [5, 5.41) is 9.58. The second-order valence-electron chi connectivity index (χ2n) is 2.76. The maximum absolute atomic E-state index is 10.3. The van der Waals surface area contributed by atoms with Crippen molar-refractivity contribution in [2.24, 2.45) is 0 Å². The van der Waals surface area contributed by atoms with Gasteiger partial charge in [-0.05, 0) is 6.42 Å². The quantitative estimate of drug-likeness (QED) is 0.711. The van der Waals surface area contributed by atoms with Gasteiger partial charge in [0.15, 0.2) is 5.16 Å². The Morgan fingerprint density at radius 1 is 1.85 bits per heavy atom. The fourth-order valence-corrected chi connectivity index (χ4v) is 1.77. The minimum absolute atomic E-state index is 0.217. The number of aliphatic carboxylic acids is 1. The second-order valence-corrected chi connectivity index (χ2v) is 4.18. The van der Waals surface area contributed by atoms with Crippen LogP contribution in [0.5, 0.6) is 0 Å². The van der Waals surface area contributed by atoms with Crippen LogP contribution in [-0.4, -0.2) is 26.3 Å². The molecule has 0 spiro atoms. The molecule has 13 heavy (non-hydrogen) atoms. The number of H-pyrrole nitrogens is 1. The summed E-state index contributed by atoms with van der Waals surface area (Å²) < 4.78 is 0. The summed E-state index contributed by atoms with van der Waals surface area (Å²) in [6.07, 6.45) is 4.33. The minimum atomic E-state index is -0.744. The lowest BCUT2D eigenvalue weighted by atomic mass is 10.2. The molecule has 4 nitrogen and oxygen atoms in total. The molecule has 72 valence electrons. The molecule has 0 amide bonds. The topological polar surface area (TPSA) is 66.0 Å². The molecule has 1 unspecified atom stereocenters. The highest BCUT2D eigenvalue weighted by atomic mass is 32.2. The summed E-state index contributed by atoms with van der Waals surface area (Å²) in [5.41, 5.74) is 0. The zero-order valence-electron chi connectivity index (χ0n) is 7.36. The van der Waals surface area contributed by atoms with Crippen molar-refractivity contribution in [3.8, 4) is 0 Å². The monoisotopic (exact) mass is 200 g/mol. The van der Waals surface area contributed by atoms with Gasteiger partial charge in [0, 0.05) is 24.1 Å². The number of carboxylic acid groups (broad SMARTS) is 1. The van der Waals surface area contributed by atoms with Crippen molar-refractivity contribution >= 4 is 17.7 Å². The fourth-order valence-electron chi connectivity index (χ4n) is 0.891. The number of aromatic amines is 1. The Bertz CT molecular complexity index is 261. The number of hydrogen-bond acceptors (Lipinski definition) is 3. The largest absolute Gasteiger partial charge is 0.481 e. The molecule has 0 saturated carbocycles. The van der Waals surface area contributed by atoms with E-state index in [1.807, 2.05) is 6.92 Å². The molecule has 0 fully saturated rings. The number of nitrogens with zero attached hydrogens (tertiary/aromatic N) is 1. The Hall–Kier alpha value is -0.970. The van der Waals surface area contributed by atoms with E-state index in [2.05, 4.69) is 9.97 Å². The molecule has 0 radical (unpaired) electrons. The Kier molecular flexibility index (Phi) is 3.82. The second kappa shape index (κ2) is 4.91. The number of nitrogens with one attached hydrogen (secondary N) is 1. The highest BCUT2D eigenvalue weighted by Crippen LogP contribution is 2.21. The van der Waals surface area contributed by atoms with Gasteiger partial charge < -0.3 is 10.1 Å². The molecular formula is C8H12N2O2S. The maximum Gasteiger partial charge on any atom is 0.303 e. The number of rotatable bonds is 5. The highest BCUT2D eigenvalue weighted by Gasteiger charge is 2.07. The third-order valence-corrected chi connectivity index (χ3v) is 2.64. The Labute approximate surface area is 80.8 Å². The number of thioether (sulfide) groups is 1. The average Bonchev–Trinajstić information content (AvgIpc) is 2.53. The van der Waals surface area contributed by atoms with E-state index in [4.69, 9.17) is 5.11 Å². The van der Waals surface area contributed by atoms with Crippen molar-refractivity contribution in [2.75, 3.05) is 0 Å². The van der Waals surface area contributed by atoms with E-state index in [0.717, 1.165) is 5.16 Å². The van der Waals surface area contributed by atoms with Crippen LogP contribution in [0.3, 0.4) is 0 Å². The van der Waals surface area contributed by atoms with Crippen LogP contribution >= 0.6 is 11.8 Å². The Morgan fingerprint density at radius 2 is 2.62 bits per heavy atom. The Balaban J connectivity index is 2.25. The molecule has 1 rings (SSSR count). The highest BCUT2D eigenvalue weighted by molar-refractivity contribution is 7.99. The standard InChI is InChI=1S/C8H12N2O2S/c1-6(2-3-7(11)12)13-8-9-4-5-10-8/h4-6H,2-3H2,1H3,(H,9,10)(H,11,12). The van der Waals surface area contributed by atoms with Crippen molar-refractivity contribution in [3.63, 3.8) is 0 Å². The van der Waals surface area contributed by atoms with Crippen molar-refractivity contribution in [1.82, 2.24) is 9.97 Å². The lowest BCUT2D eigenvalue weighted by molar-refractivity contribution is -0.137. The summed E-state index contributed by atoms with van der Waals surface area (Å²) in [7, 11) is 0. The van der Waals surface area contributed by atoms with Crippen LogP contribution in [0.15, 0.2) is 17.6 Å². The number of carboxylic acids is 1. The fraction of sp³-hybridized carbons (Fsp3) is 0.500. The van der Waals surface area contributed by atoms with E-state index in [-0.39, 0.29) is 11.7 Å². The van der Waals surface area contributed by atoms with Gasteiger partial charge in [0.25, 0.3) is 0 Å². The van der Waals surface area contributed by atoms with E-state index in [1.165, 1.54) is 0 Å². The van der Waals surface area contributed by atoms with Crippen LogP contribution in [0.2, 0.25) is 0 Å². The molecule has 0 aromatic carbocycles. The van der Waals surface area contributed by atoms with Crippen molar-refractivity contribution in [2.45, 2.75) is 30.2 Å². The molecule has 0 saturated heterocycles. The van der Waals surface area contributed by atoms with Crippen LogP contribution in [0, 0.1) is 0 Å². The molecule has 1 aromatic heterocycles. The first kappa shape index (κ1) is 10.1. The Morgan fingerprint density at radius 3 is 3.15 bits per heavy atom. The van der Waals surface area contributed by atoms with Gasteiger partial charge >= 0.3 is 5.97 Å². The third kappa shape index (κ3) is 3.98. The number of aromatic nitrogens is 2. The van der Waals surface area contributed by atoms with Crippen molar-refractivity contribution in [1.29, 1.82) is 0 Å². The lowest BCUT2D eigenvalue weighted by Crippen LogP contribution is -2.02. The molecule has 0 aliphatic heterocycles. The summed E-state index contributed by atoms with van der Waals surface area (Å²) in [5.74, 6) is -0.744. The first-order chi connectivity index (χ1) is 6.18. The SMILES string of the molecule is CC(CCC(=O)O)Sc1ncc[nH]1. The molecule has 1 atom stereocenters. The average molecular weight is 200 g/mol. The van der Waals surface area contributed by atoms with Crippen molar-refractivity contribution < 1.29 is 9.90 Å². The first-order valence-corrected chi connectivity index (χ1v) is 4.94. The van der Waals surface area contributed by atoms with Gasteiger partial charge in [-0.25, -0.2) is 4.98 Å². The predicted molar refractivity (Wildman–Crippen MR) is 50.8 cm³/mol. The summed E-state index contributed by atoms with van der Waals surface area (Å²) in [6.45, 7) is 2.00. The maximum atomic E-state index is 10.3. The van der Waals surface area contributed by atoms with E-state index < -0.39 is 5.97 Å². The number of imidazole rings is 1. The van der Waals surface area contributed by atoms with Crippen LogP contribution in [0.4, 0.5) is 0 Å². The molecule has 1 aromatic rings. The van der Waals surface area contributed by atoms with E-state index in [0.29, 0.717) is 6.42 Å². The summed E-state index contributed by atoms with van der Waals surface area (Å²) in [4.78, 5) is 17.3. The van der Waals surface area contributed by atoms with Crippen LogP contribution in [0.1, 0.15) is 19.8 Å². The smallest absolute Gasteiger partial charge is 0.303 e. The van der Waals surface area contributed by atoms with Gasteiger partial charge in [0.05, 0.1) is 0 Å². The summed E-state index contributed by atoms with van der Waals surface area (Å²) in [6, 6.07) is 0. The summed E-state index contributed by atoms with van der Waals surface area (Å²) >= 11 is 1.56. The van der Waals surface area contributed by atoms with Gasteiger partial charge in [-0.15, -0.1) is 0 Å². The van der Waals surface area contributed by atoms with Crippen LogP contribution < -0.4 is 0 Å². The van der Waals surface area contributed by atoms with E-state index >= 15 is 0 Å². The van der Waals surface area contributed by atoms with Gasteiger partial charge in [-0.3, -0.25) is 4.79 Å². The minimum Gasteiger partial charge on any atom is -0.481 e. The van der Waals surface area contributed by atoms with Crippen LogP contribution in [-0.2, 0) is 4.79 Å². The first-order valence-electron chi connectivity index (χ1n) is 4.06. The van der Waals surface area contributed by atoms with Gasteiger partial charge in [0.2, 0.25) is 0 Å². The molecular weight excluding hydrogens is 188 g/mol. The number of carbonyl (C=O) groups is 1. The molecule has 1 heterocycles. The van der Waals surface area contributed by atoms with E-state index in [1.54, 1.807) is 24.2 Å². The molecule has 5 heteroatoms. The molecule has 2 N–H and O–H groups in total. The van der Waals surface area contributed by atoms with Crippen LogP contribution in [0.25, 0.3) is 0 Å². The molecule has 0 aliphatic carbocycles. The molecule has 0 bridgehead atoms. The van der Waals surface area contributed by atoms with Gasteiger partial charge in [-0.1, -0.05) is 18.7 Å². The van der Waals surface area contributed by atoms with Gasteiger partial charge in [-0.2, -0.15) is 0 Å². The lowest BCUT2D eigenvalue weighted by Gasteiger charge is -2.06. The van der Waals surface area contributed by atoms with Gasteiger partial charge in [0.1, 0.15) is 0 Å². The zero-order chi connectivity index (χ0) is 9.68. The zero-order valence-corrected chi connectivity index (χ0v) is 8.17. The van der Waals surface area contributed by atoms with E-state index in [9.17, 15) is 4.79 Å². The normalized spacial score (nSPS) is 12.7.